The maximum absolute atomic E-state index is 12.2. The van der Waals surface area contributed by atoms with Crippen molar-refractivity contribution < 1.29 is 13.2 Å². The first-order valence-electron chi connectivity index (χ1n) is 6.82. The van der Waals surface area contributed by atoms with Crippen molar-refractivity contribution in [3.63, 3.8) is 0 Å². The molecule has 0 radical (unpaired) electrons. The van der Waals surface area contributed by atoms with E-state index in [-0.39, 0.29) is 17.3 Å². The van der Waals surface area contributed by atoms with Gasteiger partial charge >= 0.3 is 0 Å². The van der Waals surface area contributed by atoms with Crippen molar-refractivity contribution in [2.45, 2.75) is 11.4 Å². The molecule has 0 unspecified atom stereocenters. The monoisotopic (exact) mass is 346 g/mol. The molecular formula is C16H14N2O3S2. The number of hydrogen-bond donors (Lipinski definition) is 2. The molecule has 118 valence electrons. The highest BCUT2D eigenvalue weighted by molar-refractivity contribution is 7.89. The number of fused-ring (bicyclic) bond motifs is 1. The van der Waals surface area contributed by atoms with E-state index in [9.17, 15) is 13.2 Å². The van der Waals surface area contributed by atoms with E-state index in [1.54, 1.807) is 12.1 Å². The highest BCUT2D eigenvalue weighted by Gasteiger charge is 2.11. The first-order chi connectivity index (χ1) is 10.9. The third-order valence-electron chi connectivity index (χ3n) is 3.33. The van der Waals surface area contributed by atoms with Gasteiger partial charge in [0, 0.05) is 11.2 Å². The fourth-order valence-electron chi connectivity index (χ4n) is 2.20. The summed E-state index contributed by atoms with van der Waals surface area (Å²) in [5.41, 5.74) is 0.672. The number of benzene rings is 2. The molecule has 0 saturated carbocycles. The van der Waals surface area contributed by atoms with E-state index < -0.39 is 10.0 Å². The van der Waals surface area contributed by atoms with Crippen molar-refractivity contribution >= 4 is 37.4 Å². The molecular weight excluding hydrogens is 332 g/mol. The third-order valence-corrected chi connectivity index (χ3v) is 5.36. The van der Waals surface area contributed by atoms with Crippen molar-refractivity contribution in [2.75, 3.05) is 0 Å². The molecule has 2 aromatic carbocycles. The van der Waals surface area contributed by atoms with Crippen LogP contribution in [0.3, 0.4) is 0 Å². The number of primary sulfonamides is 1. The predicted molar refractivity (Wildman–Crippen MR) is 90.8 cm³/mol. The molecule has 0 fully saturated rings. The molecule has 0 atom stereocenters. The van der Waals surface area contributed by atoms with E-state index in [1.807, 2.05) is 30.3 Å². The Morgan fingerprint density at radius 2 is 1.87 bits per heavy atom. The smallest absolute Gasteiger partial charge is 0.261 e. The van der Waals surface area contributed by atoms with E-state index in [0.717, 1.165) is 10.1 Å². The van der Waals surface area contributed by atoms with Gasteiger partial charge in [0.05, 0.1) is 9.77 Å². The van der Waals surface area contributed by atoms with Gasteiger partial charge in [-0.05, 0) is 35.2 Å². The lowest BCUT2D eigenvalue weighted by Crippen LogP contribution is -2.22. The van der Waals surface area contributed by atoms with Crippen LogP contribution in [0.15, 0.2) is 59.5 Å². The standard InChI is InChI=1S/C16H14N2O3S2/c17-23(20,21)13-6-3-4-11(8-13)10-18-16(19)15-9-12-5-1-2-7-14(12)22-15/h1-9H,10H2,(H,18,19)(H2,17,20,21). The third kappa shape index (κ3) is 3.58. The summed E-state index contributed by atoms with van der Waals surface area (Å²) in [7, 11) is -3.74. The molecule has 3 N–H and O–H groups in total. The van der Waals surface area contributed by atoms with Gasteiger partial charge in [-0.15, -0.1) is 11.3 Å². The van der Waals surface area contributed by atoms with E-state index in [4.69, 9.17) is 5.14 Å². The normalized spacial score (nSPS) is 11.5. The van der Waals surface area contributed by atoms with E-state index in [1.165, 1.54) is 23.5 Å². The average molecular weight is 346 g/mol. The Morgan fingerprint density at radius 3 is 2.61 bits per heavy atom. The molecule has 3 rings (SSSR count). The maximum Gasteiger partial charge on any atom is 0.261 e. The Balaban J connectivity index is 1.74. The summed E-state index contributed by atoms with van der Waals surface area (Å²) in [5, 5.41) is 8.92. The fraction of sp³-hybridized carbons (Fsp3) is 0.0625. The average Bonchev–Trinajstić information content (AvgIpc) is 2.96. The number of hydrogen-bond acceptors (Lipinski definition) is 4. The maximum atomic E-state index is 12.2. The lowest BCUT2D eigenvalue weighted by atomic mass is 10.2. The summed E-state index contributed by atoms with van der Waals surface area (Å²) in [6.07, 6.45) is 0. The van der Waals surface area contributed by atoms with Crippen molar-refractivity contribution in [1.29, 1.82) is 0 Å². The van der Waals surface area contributed by atoms with Crippen molar-refractivity contribution in [2.24, 2.45) is 5.14 Å². The van der Waals surface area contributed by atoms with Gasteiger partial charge < -0.3 is 5.32 Å². The van der Waals surface area contributed by atoms with Crippen LogP contribution < -0.4 is 10.5 Å². The van der Waals surface area contributed by atoms with Gasteiger partial charge in [-0.3, -0.25) is 4.79 Å². The molecule has 5 nitrogen and oxygen atoms in total. The zero-order valence-corrected chi connectivity index (χ0v) is 13.7. The quantitative estimate of drug-likeness (QED) is 0.760. The van der Waals surface area contributed by atoms with Gasteiger partial charge in [0.1, 0.15) is 0 Å². The second-order valence-corrected chi connectivity index (χ2v) is 7.67. The number of carbonyl (C=O) groups excluding carboxylic acids is 1. The van der Waals surface area contributed by atoms with Crippen molar-refractivity contribution in [1.82, 2.24) is 5.32 Å². The zero-order valence-electron chi connectivity index (χ0n) is 12.0. The number of thiophene rings is 1. The Morgan fingerprint density at radius 1 is 1.09 bits per heavy atom. The predicted octanol–water partition coefficient (Wildman–Crippen LogP) is 2.48. The van der Waals surface area contributed by atoms with Crippen molar-refractivity contribution in [3.8, 4) is 0 Å². The lowest BCUT2D eigenvalue weighted by Gasteiger charge is -2.05. The molecule has 3 aromatic rings. The number of nitrogens with one attached hydrogen (secondary N) is 1. The fourth-order valence-corrected chi connectivity index (χ4v) is 3.76. The van der Waals surface area contributed by atoms with Crippen LogP contribution in [0.25, 0.3) is 10.1 Å². The van der Waals surface area contributed by atoms with Crippen LogP contribution in [0.2, 0.25) is 0 Å². The highest BCUT2D eigenvalue weighted by Crippen LogP contribution is 2.25. The van der Waals surface area contributed by atoms with Gasteiger partial charge in [0.15, 0.2) is 0 Å². The largest absolute Gasteiger partial charge is 0.347 e. The Kier molecular flexibility index (Phi) is 4.16. The van der Waals surface area contributed by atoms with Crippen LogP contribution in [0.4, 0.5) is 0 Å². The minimum absolute atomic E-state index is 0.0334. The Hall–Kier alpha value is -2.22. The lowest BCUT2D eigenvalue weighted by molar-refractivity contribution is 0.0955. The second-order valence-electron chi connectivity index (χ2n) is 5.02. The molecule has 0 saturated heterocycles. The summed E-state index contributed by atoms with van der Waals surface area (Å²) in [5.74, 6) is -0.188. The zero-order chi connectivity index (χ0) is 16.4. The van der Waals surface area contributed by atoms with E-state index in [2.05, 4.69) is 5.32 Å². The minimum Gasteiger partial charge on any atom is -0.347 e. The first kappa shape index (κ1) is 15.7. The van der Waals surface area contributed by atoms with Crippen LogP contribution >= 0.6 is 11.3 Å². The summed E-state index contributed by atoms with van der Waals surface area (Å²) in [6.45, 7) is 0.233. The SMILES string of the molecule is NS(=O)(=O)c1cccc(CNC(=O)c2cc3ccccc3s2)c1. The number of nitrogens with two attached hydrogens (primary N) is 1. The van der Waals surface area contributed by atoms with Crippen LogP contribution in [-0.4, -0.2) is 14.3 Å². The summed E-state index contributed by atoms with van der Waals surface area (Å²) >= 11 is 1.42. The summed E-state index contributed by atoms with van der Waals surface area (Å²) in [6, 6.07) is 15.8. The molecule has 1 amide bonds. The molecule has 23 heavy (non-hydrogen) atoms. The van der Waals surface area contributed by atoms with Crippen LogP contribution in [-0.2, 0) is 16.6 Å². The first-order valence-corrected chi connectivity index (χ1v) is 9.18. The topological polar surface area (TPSA) is 89.3 Å². The van der Waals surface area contributed by atoms with Crippen molar-refractivity contribution in [3.05, 3.63) is 65.0 Å². The Labute approximate surface area is 137 Å². The van der Waals surface area contributed by atoms with Gasteiger partial charge in [-0.1, -0.05) is 30.3 Å². The van der Waals surface area contributed by atoms with Gasteiger partial charge in [-0.25, -0.2) is 13.6 Å². The molecule has 0 spiro atoms. The van der Waals surface area contributed by atoms with E-state index >= 15 is 0 Å². The number of carbonyl (C=O) groups is 1. The van der Waals surface area contributed by atoms with Crippen LogP contribution in [0.1, 0.15) is 15.2 Å². The van der Waals surface area contributed by atoms with Gasteiger partial charge in [0.25, 0.3) is 5.91 Å². The van der Waals surface area contributed by atoms with Gasteiger partial charge in [0.2, 0.25) is 10.0 Å². The molecule has 1 aromatic heterocycles. The summed E-state index contributed by atoms with van der Waals surface area (Å²) < 4.78 is 23.7. The number of rotatable bonds is 4. The second kappa shape index (κ2) is 6.11. The van der Waals surface area contributed by atoms with Crippen LogP contribution in [0.5, 0.6) is 0 Å². The molecule has 0 bridgehead atoms. The number of amides is 1. The van der Waals surface area contributed by atoms with Gasteiger partial charge in [-0.2, -0.15) is 0 Å². The highest BCUT2D eigenvalue weighted by atomic mass is 32.2. The molecule has 0 aliphatic heterocycles. The number of sulfonamides is 1. The van der Waals surface area contributed by atoms with E-state index in [0.29, 0.717) is 10.4 Å². The molecule has 1 heterocycles. The van der Waals surface area contributed by atoms with Crippen LogP contribution in [0, 0.1) is 0 Å². The molecule has 0 aliphatic carbocycles. The Bertz CT molecular complexity index is 945. The minimum atomic E-state index is -3.74. The molecule has 7 heteroatoms. The summed E-state index contributed by atoms with van der Waals surface area (Å²) in [4.78, 5) is 12.9. The molecule has 0 aliphatic rings.